The van der Waals surface area contributed by atoms with Crippen LogP contribution in [-0.2, 0) is 4.79 Å². The molecule has 0 radical (unpaired) electrons. The largest absolute Gasteiger partial charge is 0.355 e. The summed E-state index contributed by atoms with van der Waals surface area (Å²) in [7, 11) is 0. The average Bonchev–Trinajstić information content (AvgIpc) is 3.06. The quantitative estimate of drug-likeness (QED) is 0.653. The van der Waals surface area contributed by atoms with E-state index in [9.17, 15) is 4.79 Å². The van der Waals surface area contributed by atoms with Crippen LogP contribution in [0.5, 0.6) is 0 Å². The second-order valence-corrected chi connectivity index (χ2v) is 6.37. The number of thioether (sulfide) groups is 1. The minimum atomic E-state index is 0.239. The summed E-state index contributed by atoms with van der Waals surface area (Å²) < 4.78 is 0. The molecule has 0 bridgehead atoms. The summed E-state index contributed by atoms with van der Waals surface area (Å²) >= 11 is 1.80. The van der Waals surface area contributed by atoms with Gasteiger partial charge in [0.2, 0.25) is 5.91 Å². The second kappa shape index (κ2) is 5.79. The molecule has 1 aliphatic carbocycles. The van der Waals surface area contributed by atoms with Crippen LogP contribution in [0.2, 0.25) is 0 Å². The first-order valence-corrected chi connectivity index (χ1v) is 7.54. The maximum Gasteiger partial charge on any atom is 0.223 e. The van der Waals surface area contributed by atoms with E-state index in [0.29, 0.717) is 5.92 Å². The Morgan fingerprint density at radius 3 is 2.72 bits per heavy atom. The number of nitrogens with one attached hydrogen (secondary N) is 1. The highest BCUT2D eigenvalue weighted by molar-refractivity contribution is 7.99. The van der Waals surface area contributed by atoms with Crippen LogP contribution < -0.4 is 5.32 Å². The van der Waals surface area contributed by atoms with Crippen LogP contribution in [0.15, 0.2) is 23.1 Å². The maximum absolute atomic E-state index is 11.6. The van der Waals surface area contributed by atoms with Crippen molar-refractivity contribution in [3.8, 4) is 0 Å². The molecule has 1 amide bonds. The lowest BCUT2D eigenvalue weighted by Crippen LogP contribution is -2.27. The predicted octanol–water partition coefficient (Wildman–Crippen LogP) is 3.17. The van der Waals surface area contributed by atoms with E-state index in [1.807, 2.05) is 0 Å². The van der Waals surface area contributed by atoms with Gasteiger partial charge in [-0.15, -0.1) is 11.8 Å². The molecule has 1 N–H and O–H groups in total. The Labute approximate surface area is 114 Å². The first kappa shape index (κ1) is 13.5. The van der Waals surface area contributed by atoms with Crippen LogP contribution in [0.1, 0.15) is 24.5 Å². The summed E-state index contributed by atoms with van der Waals surface area (Å²) in [5, 5.41) is 3.01. The molecule has 18 heavy (non-hydrogen) atoms. The van der Waals surface area contributed by atoms with E-state index in [1.54, 1.807) is 11.8 Å². The Kier molecular flexibility index (Phi) is 4.33. The molecule has 1 saturated carbocycles. The fourth-order valence-electron chi connectivity index (χ4n) is 1.97. The molecule has 0 unspecified atom stereocenters. The van der Waals surface area contributed by atoms with E-state index in [1.165, 1.54) is 16.0 Å². The first-order valence-electron chi connectivity index (χ1n) is 6.55. The standard InChI is InChI=1S/C15H21NOS/c1-10-4-5-13(8-11(10)2)18-7-6-16-15(17)14-9-12(14)3/h4-5,8,12,14H,6-7,9H2,1-3H3,(H,16,17)/t12-,14-/m0/s1. The van der Waals surface area contributed by atoms with Crippen molar-refractivity contribution in [2.24, 2.45) is 11.8 Å². The van der Waals surface area contributed by atoms with Crippen LogP contribution in [0.3, 0.4) is 0 Å². The van der Waals surface area contributed by atoms with E-state index in [-0.39, 0.29) is 11.8 Å². The molecule has 1 aromatic carbocycles. The summed E-state index contributed by atoms with van der Waals surface area (Å²) in [6, 6.07) is 6.52. The van der Waals surface area contributed by atoms with Crippen molar-refractivity contribution >= 4 is 17.7 Å². The van der Waals surface area contributed by atoms with Crippen molar-refractivity contribution in [2.75, 3.05) is 12.3 Å². The van der Waals surface area contributed by atoms with Gasteiger partial charge in [0.15, 0.2) is 0 Å². The Morgan fingerprint density at radius 1 is 1.39 bits per heavy atom. The second-order valence-electron chi connectivity index (χ2n) is 5.21. The maximum atomic E-state index is 11.6. The molecule has 2 nitrogen and oxygen atoms in total. The molecule has 1 fully saturated rings. The van der Waals surface area contributed by atoms with Crippen LogP contribution >= 0.6 is 11.8 Å². The first-order chi connectivity index (χ1) is 8.58. The van der Waals surface area contributed by atoms with Crippen LogP contribution in [0.25, 0.3) is 0 Å². The molecule has 0 spiro atoms. The number of amides is 1. The van der Waals surface area contributed by atoms with Gasteiger partial charge in [0.05, 0.1) is 0 Å². The third kappa shape index (κ3) is 3.52. The van der Waals surface area contributed by atoms with Gasteiger partial charge in [-0.1, -0.05) is 13.0 Å². The summed E-state index contributed by atoms with van der Waals surface area (Å²) in [4.78, 5) is 12.9. The Morgan fingerprint density at radius 2 is 2.11 bits per heavy atom. The van der Waals surface area contributed by atoms with Crippen molar-refractivity contribution in [2.45, 2.75) is 32.1 Å². The molecule has 1 aromatic rings. The summed E-state index contributed by atoms with van der Waals surface area (Å²) in [6.45, 7) is 7.16. The van der Waals surface area contributed by atoms with Gasteiger partial charge < -0.3 is 5.32 Å². The van der Waals surface area contributed by atoms with E-state index in [0.717, 1.165) is 18.7 Å². The van der Waals surface area contributed by atoms with Crippen molar-refractivity contribution in [3.63, 3.8) is 0 Å². The normalized spacial score (nSPS) is 21.7. The fourth-order valence-corrected chi connectivity index (χ4v) is 2.83. The highest BCUT2D eigenvalue weighted by Crippen LogP contribution is 2.37. The summed E-state index contributed by atoms with van der Waals surface area (Å²) in [5.74, 6) is 2.06. The van der Waals surface area contributed by atoms with Crippen molar-refractivity contribution in [1.82, 2.24) is 5.32 Å². The van der Waals surface area contributed by atoms with Gasteiger partial charge in [-0.25, -0.2) is 0 Å². The molecule has 0 heterocycles. The van der Waals surface area contributed by atoms with Gasteiger partial charge in [0.25, 0.3) is 0 Å². The zero-order valence-electron chi connectivity index (χ0n) is 11.3. The molecule has 0 aromatic heterocycles. The van der Waals surface area contributed by atoms with Crippen molar-refractivity contribution in [3.05, 3.63) is 29.3 Å². The molecule has 98 valence electrons. The topological polar surface area (TPSA) is 29.1 Å². The number of carbonyl (C=O) groups excluding carboxylic acids is 1. The lowest BCUT2D eigenvalue weighted by Gasteiger charge is -2.06. The van der Waals surface area contributed by atoms with Gasteiger partial charge >= 0.3 is 0 Å². The lowest BCUT2D eigenvalue weighted by molar-refractivity contribution is -0.122. The van der Waals surface area contributed by atoms with Gasteiger partial charge in [0, 0.05) is 23.1 Å². The van der Waals surface area contributed by atoms with E-state index >= 15 is 0 Å². The Hall–Kier alpha value is -0.960. The molecule has 3 heteroatoms. The molecular formula is C15H21NOS. The SMILES string of the molecule is Cc1ccc(SCCNC(=O)[C@H]2C[C@@H]2C)cc1C. The number of benzene rings is 1. The average molecular weight is 263 g/mol. The third-order valence-electron chi connectivity index (χ3n) is 3.59. The minimum absolute atomic E-state index is 0.239. The Bertz CT molecular complexity index is 444. The summed E-state index contributed by atoms with van der Waals surface area (Å²) in [5.41, 5.74) is 2.66. The van der Waals surface area contributed by atoms with Crippen LogP contribution in [0, 0.1) is 25.7 Å². The molecule has 0 aliphatic heterocycles. The van der Waals surface area contributed by atoms with Gasteiger partial charge in [-0.05, 0) is 49.4 Å². The number of hydrogen-bond acceptors (Lipinski definition) is 2. The fraction of sp³-hybridized carbons (Fsp3) is 0.533. The van der Waals surface area contributed by atoms with Gasteiger partial charge in [-0.2, -0.15) is 0 Å². The summed E-state index contributed by atoms with van der Waals surface area (Å²) in [6.07, 6.45) is 1.07. The lowest BCUT2D eigenvalue weighted by atomic mass is 10.1. The molecule has 0 saturated heterocycles. The zero-order valence-corrected chi connectivity index (χ0v) is 12.1. The number of rotatable bonds is 5. The predicted molar refractivity (Wildman–Crippen MR) is 76.9 cm³/mol. The minimum Gasteiger partial charge on any atom is -0.355 e. The number of hydrogen-bond donors (Lipinski definition) is 1. The van der Waals surface area contributed by atoms with E-state index < -0.39 is 0 Å². The number of carbonyl (C=O) groups is 1. The molecule has 2 rings (SSSR count). The smallest absolute Gasteiger partial charge is 0.223 e. The zero-order chi connectivity index (χ0) is 13.1. The van der Waals surface area contributed by atoms with Crippen molar-refractivity contribution < 1.29 is 4.79 Å². The molecule has 1 aliphatic rings. The van der Waals surface area contributed by atoms with Crippen molar-refractivity contribution in [1.29, 1.82) is 0 Å². The third-order valence-corrected chi connectivity index (χ3v) is 4.59. The van der Waals surface area contributed by atoms with E-state index in [4.69, 9.17) is 0 Å². The van der Waals surface area contributed by atoms with Crippen LogP contribution in [0.4, 0.5) is 0 Å². The van der Waals surface area contributed by atoms with Gasteiger partial charge in [-0.3, -0.25) is 4.79 Å². The van der Waals surface area contributed by atoms with Gasteiger partial charge in [0.1, 0.15) is 0 Å². The van der Waals surface area contributed by atoms with Crippen LogP contribution in [-0.4, -0.2) is 18.2 Å². The molecular weight excluding hydrogens is 242 g/mol. The monoisotopic (exact) mass is 263 g/mol. The highest BCUT2D eigenvalue weighted by atomic mass is 32.2. The highest BCUT2D eigenvalue weighted by Gasteiger charge is 2.38. The van der Waals surface area contributed by atoms with E-state index in [2.05, 4.69) is 44.3 Å². The number of aryl methyl sites for hydroxylation is 2. The molecule has 2 atom stereocenters. The Balaban J connectivity index is 1.68.